The monoisotopic (exact) mass is 583 g/mol. The van der Waals surface area contributed by atoms with E-state index in [1.54, 1.807) is 13.0 Å². The van der Waals surface area contributed by atoms with Gasteiger partial charge in [0.1, 0.15) is 28.3 Å². The number of anilines is 1. The summed E-state index contributed by atoms with van der Waals surface area (Å²) in [4.78, 5) is 29.7. The number of benzene rings is 2. The number of hydrogen-bond donors (Lipinski definition) is 2. The number of carbonyl (C=O) groups is 1. The zero-order valence-corrected chi connectivity index (χ0v) is 23.1. The average Bonchev–Trinajstić information content (AvgIpc) is 3.37. The van der Waals surface area contributed by atoms with Crippen molar-refractivity contribution >= 4 is 56.0 Å². The summed E-state index contributed by atoms with van der Waals surface area (Å²) in [7, 11) is 1.52. The van der Waals surface area contributed by atoms with Crippen LogP contribution in [0.4, 0.5) is 14.9 Å². The Labute approximate surface area is 236 Å². The Kier molecular flexibility index (Phi) is 7.92. The standard InChI is InChI=1S/C27H23ClFN5O5S/c1-13-6-17(24-18(7-13)33-21(37-3)10-31-24)26-34-25-20(40-26)9-19(23(29)22(25)28)38-12-14(2)39-27(36)32-15-4-5-30-16(8-15)11-35/h4-10,14,35H,11-12H2,1-3H3,(H,30,32,36)/t14-/m1/s1. The summed E-state index contributed by atoms with van der Waals surface area (Å²) in [6, 6.07) is 8.42. The molecule has 13 heteroatoms. The lowest BCUT2D eigenvalue weighted by Gasteiger charge is -2.15. The first kappa shape index (κ1) is 27.4. The first-order valence-electron chi connectivity index (χ1n) is 12.0. The molecule has 0 spiro atoms. The Balaban J connectivity index is 1.34. The van der Waals surface area contributed by atoms with Crippen molar-refractivity contribution in [3.63, 3.8) is 0 Å². The number of amides is 1. The molecule has 10 nitrogen and oxygen atoms in total. The molecular weight excluding hydrogens is 561 g/mol. The highest BCUT2D eigenvalue weighted by atomic mass is 35.5. The van der Waals surface area contributed by atoms with Gasteiger partial charge < -0.3 is 19.3 Å². The third-order valence-corrected chi connectivity index (χ3v) is 7.13. The first-order valence-corrected chi connectivity index (χ1v) is 13.2. The van der Waals surface area contributed by atoms with Crippen LogP contribution in [0.15, 0.2) is 42.7 Å². The number of aryl methyl sites for hydroxylation is 1. The summed E-state index contributed by atoms with van der Waals surface area (Å²) >= 11 is 7.67. The van der Waals surface area contributed by atoms with Crippen molar-refractivity contribution in [2.75, 3.05) is 19.0 Å². The van der Waals surface area contributed by atoms with Crippen LogP contribution in [-0.4, -0.2) is 51.0 Å². The molecule has 0 saturated heterocycles. The Morgan fingerprint density at radius 1 is 1.20 bits per heavy atom. The van der Waals surface area contributed by atoms with Crippen molar-refractivity contribution < 1.29 is 28.5 Å². The number of methoxy groups -OCH3 is 1. The highest BCUT2D eigenvalue weighted by Gasteiger charge is 2.21. The maximum atomic E-state index is 15.1. The molecule has 1 atom stereocenters. The average molecular weight is 584 g/mol. The number of aromatic nitrogens is 4. The van der Waals surface area contributed by atoms with Crippen LogP contribution in [-0.2, 0) is 11.3 Å². The van der Waals surface area contributed by atoms with Gasteiger partial charge in [-0.3, -0.25) is 10.3 Å². The van der Waals surface area contributed by atoms with E-state index in [0.717, 1.165) is 11.1 Å². The van der Waals surface area contributed by atoms with Gasteiger partial charge in [-0.05, 0) is 43.7 Å². The topological polar surface area (TPSA) is 129 Å². The normalized spacial score (nSPS) is 11.9. The van der Waals surface area contributed by atoms with E-state index in [4.69, 9.17) is 25.8 Å². The zero-order valence-electron chi connectivity index (χ0n) is 21.6. The Morgan fingerprint density at radius 2 is 2.02 bits per heavy atom. The maximum Gasteiger partial charge on any atom is 0.412 e. The molecule has 0 aliphatic heterocycles. The summed E-state index contributed by atoms with van der Waals surface area (Å²) < 4.78 is 31.9. The molecule has 0 unspecified atom stereocenters. The summed E-state index contributed by atoms with van der Waals surface area (Å²) in [6.07, 6.45) is 1.52. The fourth-order valence-electron chi connectivity index (χ4n) is 3.92. The number of aliphatic hydroxyl groups is 1. The number of fused-ring (bicyclic) bond motifs is 2. The van der Waals surface area contributed by atoms with Gasteiger partial charge in [0.05, 0.1) is 41.3 Å². The van der Waals surface area contributed by atoms with E-state index >= 15 is 4.39 Å². The number of pyridine rings is 1. The minimum atomic E-state index is -0.769. The van der Waals surface area contributed by atoms with E-state index in [0.29, 0.717) is 43.5 Å². The predicted molar refractivity (Wildman–Crippen MR) is 150 cm³/mol. The molecule has 0 bridgehead atoms. The molecule has 0 radical (unpaired) electrons. The van der Waals surface area contributed by atoms with E-state index in [9.17, 15) is 9.90 Å². The predicted octanol–water partition coefficient (Wildman–Crippen LogP) is 5.92. The molecule has 2 N–H and O–H groups in total. The van der Waals surface area contributed by atoms with Crippen LogP contribution in [0.3, 0.4) is 0 Å². The number of nitrogens with one attached hydrogen (secondary N) is 1. The van der Waals surface area contributed by atoms with Gasteiger partial charge in [0.25, 0.3) is 0 Å². The van der Waals surface area contributed by atoms with E-state index in [-0.39, 0.29) is 24.0 Å². The molecule has 5 rings (SSSR count). The van der Waals surface area contributed by atoms with E-state index in [1.807, 2.05) is 19.1 Å². The van der Waals surface area contributed by atoms with Gasteiger partial charge in [0.2, 0.25) is 5.88 Å². The number of nitrogens with zero attached hydrogens (tertiary/aromatic N) is 4. The van der Waals surface area contributed by atoms with Crippen LogP contribution in [0.1, 0.15) is 18.2 Å². The summed E-state index contributed by atoms with van der Waals surface area (Å²) in [5.41, 5.74) is 4.05. The van der Waals surface area contributed by atoms with E-state index in [2.05, 4.69) is 25.3 Å². The van der Waals surface area contributed by atoms with Crippen LogP contribution >= 0.6 is 22.9 Å². The second kappa shape index (κ2) is 11.5. The highest BCUT2D eigenvalue weighted by molar-refractivity contribution is 7.21. The number of thiazole rings is 1. The summed E-state index contributed by atoms with van der Waals surface area (Å²) in [5.74, 6) is -0.470. The Hall–Kier alpha value is -4.13. The SMILES string of the molecule is COc1cnc2c(-c3nc4c(Cl)c(F)c(OC[C@@H](C)OC(=O)Nc5ccnc(CO)c5)cc4s3)cc(C)cc2n1. The lowest BCUT2D eigenvalue weighted by molar-refractivity contribution is 0.0844. The highest BCUT2D eigenvalue weighted by Crippen LogP contribution is 2.40. The number of ether oxygens (including phenoxy) is 3. The van der Waals surface area contributed by atoms with Gasteiger partial charge in [-0.1, -0.05) is 11.6 Å². The molecule has 1 amide bonds. The second-order valence-electron chi connectivity index (χ2n) is 8.81. The van der Waals surface area contributed by atoms with E-state index in [1.165, 1.54) is 43.0 Å². The molecule has 0 saturated carbocycles. The van der Waals surface area contributed by atoms with Crippen LogP contribution in [0.5, 0.6) is 11.6 Å². The minimum absolute atomic E-state index is 0.0936. The van der Waals surface area contributed by atoms with Gasteiger partial charge >= 0.3 is 6.09 Å². The molecule has 0 fully saturated rings. The third-order valence-electron chi connectivity index (χ3n) is 5.75. The van der Waals surface area contributed by atoms with Gasteiger partial charge in [-0.15, -0.1) is 11.3 Å². The van der Waals surface area contributed by atoms with Crippen LogP contribution in [0.25, 0.3) is 31.8 Å². The quantitative estimate of drug-likeness (QED) is 0.229. The van der Waals surface area contributed by atoms with Gasteiger partial charge in [0, 0.05) is 23.5 Å². The van der Waals surface area contributed by atoms with Gasteiger partial charge in [-0.25, -0.2) is 24.1 Å². The first-order chi connectivity index (χ1) is 19.2. The minimum Gasteiger partial charge on any atom is -0.487 e. The largest absolute Gasteiger partial charge is 0.487 e. The molecule has 2 aromatic carbocycles. The van der Waals surface area contributed by atoms with Crippen molar-refractivity contribution in [1.29, 1.82) is 0 Å². The summed E-state index contributed by atoms with van der Waals surface area (Å²) in [5, 5.41) is 12.1. The lowest BCUT2D eigenvalue weighted by Crippen LogP contribution is -2.25. The maximum absolute atomic E-state index is 15.1. The fourth-order valence-corrected chi connectivity index (χ4v) is 5.24. The van der Waals surface area contributed by atoms with E-state index < -0.39 is 18.0 Å². The number of rotatable bonds is 8. The zero-order chi connectivity index (χ0) is 28.4. The molecule has 40 heavy (non-hydrogen) atoms. The fraction of sp³-hybridized carbons (Fsp3) is 0.222. The van der Waals surface area contributed by atoms with Crippen molar-refractivity contribution in [3.05, 3.63) is 64.8 Å². The number of aliphatic hydroxyl groups excluding tert-OH is 1. The summed E-state index contributed by atoms with van der Waals surface area (Å²) in [6.45, 7) is 3.14. The molecule has 206 valence electrons. The van der Waals surface area contributed by atoms with Crippen molar-refractivity contribution in [1.82, 2.24) is 19.9 Å². The van der Waals surface area contributed by atoms with Crippen LogP contribution < -0.4 is 14.8 Å². The molecule has 3 heterocycles. The smallest absolute Gasteiger partial charge is 0.412 e. The van der Waals surface area contributed by atoms with Gasteiger partial charge in [0.15, 0.2) is 11.6 Å². The number of carbonyl (C=O) groups excluding carboxylic acids is 1. The molecule has 3 aromatic heterocycles. The molecular formula is C27H23ClFN5O5S. The van der Waals surface area contributed by atoms with Gasteiger partial charge in [-0.2, -0.15) is 0 Å². The van der Waals surface area contributed by atoms with Crippen molar-refractivity contribution in [3.8, 4) is 22.2 Å². The van der Waals surface area contributed by atoms with Crippen LogP contribution in [0, 0.1) is 12.7 Å². The second-order valence-corrected chi connectivity index (χ2v) is 10.2. The third kappa shape index (κ3) is 5.74. The number of hydrogen-bond acceptors (Lipinski definition) is 10. The molecule has 5 aromatic rings. The lowest BCUT2D eigenvalue weighted by atomic mass is 10.1. The van der Waals surface area contributed by atoms with Crippen molar-refractivity contribution in [2.24, 2.45) is 0 Å². The molecule has 0 aliphatic rings. The van der Waals surface area contributed by atoms with Crippen molar-refractivity contribution in [2.45, 2.75) is 26.6 Å². The number of halogens is 2. The van der Waals surface area contributed by atoms with Crippen LogP contribution in [0.2, 0.25) is 5.02 Å². The Bertz CT molecular complexity index is 1730. The molecule has 0 aliphatic carbocycles. The Morgan fingerprint density at radius 3 is 2.80 bits per heavy atom.